The maximum Gasteiger partial charge on any atom is 0.339 e. The third-order valence-corrected chi connectivity index (χ3v) is 2.81. The van der Waals surface area contributed by atoms with Crippen molar-refractivity contribution in [2.75, 3.05) is 13.2 Å². The molecule has 0 unspecified atom stereocenters. The number of hydrogen-bond donors (Lipinski definition) is 0. The summed E-state index contributed by atoms with van der Waals surface area (Å²) in [7, 11) is 0. The van der Waals surface area contributed by atoms with E-state index in [1.165, 1.54) is 0 Å². The zero-order valence-corrected chi connectivity index (χ0v) is 12.8. The van der Waals surface area contributed by atoms with Gasteiger partial charge in [-0.05, 0) is 47.9 Å². The van der Waals surface area contributed by atoms with Gasteiger partial charge < -0.3 is 9.47 Å². The van der Waals surface area contributed by atoms with Crippen LogP contribution in [0.1, 0.15) is 20.7 Å². The first-order chi connectivity index (χ1) is 11.8. The highest BCUT2D eigenvalue weighted by molar-refractivity contribution is 5.89. The van der Waals surface area contributed by atoms with Gasteiger partial charge in [0.05, 0.1) is 11.1 Å². The Labute approximate surface area is 140 Å². The molecule has 0 N–H and O–H groups in total. The number of carbonyl (C=O) groups excluding carboxylic acids is 2. The Morgan fingerprint density at radius 3 is 1.42 bits per heavy atom. The van der Waals surface area contributed by atoms with Crippen molar-refractivity contribution in [1.29, 1.82) is 0 Å². The van der Waals surface area contributed by atoms with Crippen LogP contribution in [0.5, 0.6) is 0 Å². The fourth-order valence-electron chi connectivity index (χ4n) is 1.68. The molecule has 24 heavy (non-hydrogen) atoms. The third kappa shape index (κ3) is 5.71. The second-order valence-corrected chi connectivity index (χ2v) is 4.49. The van der Waals surface area contributed by atoms with Crippen LogP contribution in [-0.2, 0) is 9.47 Å². The highest BCUT2D eigenvalue weighted by Gasteiger charge is 2.04. The quantitative estimate of drug-likeness (QED) is 0.642. The lowest BCUT2D eigenvalue weighted by molar-refractivity contribution is 0.0547. The van der Waals surface area contributed by atoms with Gasteiger partial charge in [0, 0.05) is 0 Å². The minimum Gasteiger partial charge on any atom is -0.449 e. The Kier molecular flexibility index (Phi) is 6.68. The molecule has 0 heterocycles. The standard InChI is InChI=1S/C20H14O4/c21-19(17-11-5-3-6-12-17)23-15-9-1-2-10-16-24-20(22)18-13-7-4-8-14-18/h3-8,11-14H,15-16H2. The average Bonchev–Trinajstić information content (AvgIpc) is 2.65. The van der Waals surface area contributed by atoms with Gasteiger partial charge in [-0.1, -0.05) is 36.4 Å². The van der Waals surface area contributed by atoms with E-state index < -0.39 is 11.9 Å². The molecule has 0 saturated heterocycles. The van der Waals surface area contributed by atoms with Gasteiger partial charge in [-0.15, -0.1) is 0 Å². The van der Waals surface area contributed by atoms with Crippen LogP contribution < -0.4 is 0 Å². The maximum absolute atomic E-state index is 11.6. The van der Waals surface area contributed by atoms with Crippen molar-refractivity contribution in [1.82, 2.24) is 0 Å². The van der Waals surface area contributed by atoms with E-state index in [0.717, 1.165) is 0 Å². The monoisotopic (exact) mass is 318 g/mol. The van der Waals surface area contributed by atoms with E-state index >= 15 is 0 Å². The number of carbonyl (C=O) groups is 2. The highest BCUT2D eigenvalue weighted by atomic mass is 16.5. The second-order valence-electron chi connectivity index (χ2n) is 4.49. The number of benzene rings is 2. The molecular formula is C20H14O4. The predicted molar refractivity (Wildman–Crippen MR) is 89.0 cm³/mol. The number of ether oxygens (including phenoxy) is 2. The number of esters is 2. The van der Waals surface area contributed by atoms with Crippen molar-refractivity contribution in [3.8, 4) is 23.7 Å². The molecular weight excluding hydrogens is 304 g/mol. The van der Waals surface area contributed by atoms with Crippen LogP contribution in [-0.4, -0.2) is 25.2 Å². The van der Waals surface area contributed by atoms with Crippen LogP contribution in [0.3, 0.4) is 0 Å². The molecule has 0 fully saturated rings. The van der Waals surface area contributed by atoms with E-state index in [2.05, 4.69) is 23.7 Å². The normalized spacial score (nSPS) is 8.83. The fraction of sp³-hybridized carbons (Fsp3) is 0.100. The topological polar surface area (TPSA) is 52.6 Å². The molecule has 2 aromatic rings. The van der Waals surface area contributed by atoms with Crippen LogP contribution >= 0.6 is 0 Å². The second kappa shape index (κ2) is 9.50. The predicted octanol–water partition coefficient (Wildman–Crippen LogP) is 2.71. The SMILES string of the molecule is O=C(OCC#CC#CCOC(=O)c1ccccc1)c1ccccc1. The van der Waals surface area contributed by atoms with Crippen molar-refractivity contribution in [3.05, 3.63) is 71.8 Å². The van der Waals surface area contributed by atoms with Gasteiger partial charge in [-0.2, -0.15) is 0 Å². The van der Waals surface area contributed by atoms with Crippen LogP contribution in [0.25, 0.3) is 0 Å². The van der Waals surface area contributed by atoms with Crippen molar-refractivity contribution in [2.24, 2.45) is 0 Å². The lowest BCUT2D eigenvalue weighted by Gasteiger charge is -1.99. The minimum atomic E-state index is -0.436. The van der Waals surface area contributed by atoms with Crippen LogP contribution in [0, 0.1) is 23.7 Å². The van der Waals surface area contributed by atoms with E-state index in [9.17, 15) is 9.59 Å². The molecule has 0 saturated carbocycles. The summed E-state index contributed by atoms with van der Waals surface area (Å²) in [5, 5.41) is 0. The largest absolute Gasteiger partial charge is 0.449 e. The summed E-state index contributed by atoms with van der Waals surface area (Å²) in [6, 6.07) is 17.3. The Bertz CT molecular complexity index is 731. The molecule has 0 aliphatic heterocycles. The summed E-state index contributed by atoms with van der Waals surface area (Å²) in [4.78, 5) is 23.2. The molecule has 0 amide bonds. The third-order valence-electron chi connectivity index (χ3n) is 2.81. The molecule has 4 nitrogen and oxygen atoms in total. The molecule has 2 rings (SSSR count). The average molecular weight is 318 g/mol. The zero-order valence-electron chi connectivity index (χ0n) is 12.8. The minimum absolute atomic E-state index is 0.0494. The summed E-state index contributed by atoms with van der Waals surface area (Å²) >= 11 is 0. The highest BCUT2D eigenvalue weighted by Crippen LogP contribution is 2.01. The fourth-order valence-corrected chi connectivity index (χ4v) is 1.68. The van der Waals surface area contributed by atoms with Crippen LogP contribution in [0.4, 0.5) is 0 Å². The zero-order chi connectivity index (χ0) is 17.0. The summed E-state index contributed by atoms with van der Waals surface area (Å²) in [6.45, 7) is -0.0988. The maximum atomic E-state index is 11.6. The molecule has 0 aliphatic carbocycles. The number of hydrogen-bond acceptors (Lipinski definition) is 4. The van der Waals surface area contributed by atoms with Gasteiger partial charge in [0.25, 0.3) is 0 Å². The van der Waals surface area contributed by atoms with Crippen molar-refractivity contribution in [2.45, 2.75) is 0 Å². The van der Waals surface area contributed by atoms with Crippen molar-refractivity contribution >= 4 is 11.9 Å². The van der Waals surface area contributed by atoms with Gasteiger partial charge in [-0.3, -0.25) is 0 Å². The lowest BCUT2D eigenvalue weighted by Crippen LogP contribution is -2.05. The van der Waals surface area contributed by atoms with Gasteiger partial charge in [0.2, 0.25) is 0 Å². The molecule has 0 radical (unpaired) electrons. The van der Waals surface area contributed by atoms with E-state index in [-0.39, 0.29) is 13.2 Å². The Balaban J connectivity index is 1.68. The molecule has 2 aromatic carbocycles. The van der Waals surface area contributed by atoms with Crippen LogP contribution in [0.15, 0.2) is 60.7 Å². The van der Waals surface area contributed by atoms with Gasteiger partial charge >= 0.3 is 11.9 Å². The van der Waals surface area contributed by atoms with E-state index in [4.69, 9.17) is 9.47 Å². The molecule has 0 spiro atoms. The summed E-state index contributed by atoms with van der Waals surface area (Å²) in [5.74, 6) is 9.38. The van der Waals surface area contributed by atoms with E-state index in [0.29, 0.717) is 11.1 Å². The Hall–Kier alpha value is -3.50. The lowest BCUT2D eigenvalue weighted by atomic mass is 10.2. The number of rotatable bonds is 4. The Morgan fingerprint density at radius 1 is 0.667 bits per heavy atom. The van der Waals surface area contributed by atoms with Crippen molar-refractivity contribution in [3.63, 3.8) is 0 Å². The first kappa shape index (κ1) is 16.9. The molecule has 0 aliphatic rings. The summed E-state index contributed by atoms with van der Waals surface area (Å²) in [6.07, 6.45) is 0. The Morgan fingerprint density at radius 2 is 1.04 bits per heavy atom. The summed E-state index contributed by atoms with van der Waals surface area (Å²) < 4.78 is 9.93. The first-order valence-corrected chi connectivity index (χ1v) is 7.17. The first-order valence-electron chi connectivity index (χ1n) is 7.17. The molecule has 0 bridgehead atoms. The molecule has 4 heteroatoms. The molecule has 118 valence electrons. The van der Waals surface area contributed by atoms with Gasteiger partial charge in [-0.25, -0.2) is 9.59 Å². The van der Waals surface area contributed by atoms with Crippen molar-refractivity contribution < 1.29 is 19.1 Å². The van der Waals surface area contributed by atoms with Crippen LogP contribution in [0.2, 0.25) is 0 Å². The summed E-state index contributed by atoms with van der Waals surface area (Å²) in [5.41, 5.74) is 0.941. The van der Waals surface area contributed by atoms with E-state index in [1.807, 2.05) is 12.1 Å². The van der Waals surface area contributed by atoms with Gasteiger partial charge in [0.1, 0.15) is 0 Å². The van der Waals surface area contributed by atoms with E-state index in [1.54, 1.807) is 48.5 Å². The molecule has 0 aromatic heterocycles. The van der Waals surface area contributed by atoms with Gasteiger partial charge in [0.15, 0.2) is 13.2 Å². The molecule has 0 atom stereocenters. The smallest absolute Gasteiger partial charge is 0.339 e.